The van der Waals surface area contributed by atoms with Crippen molar-refractivity contribution >= 4 is 0 Å². The van der Waals surface area contributed by atoms with Crippen molar-refractivity contribution in [1.82, 2.24) is 4.98 Å². The Morgan fingerprint density at radius 3 is 2.16 bits per heavy atom. The molecule has 0 radical (unpaired) electrons. The van der Waals surface area contributed by atoms with Gasteiger partial charge in [0.15, 0.2) is 0 Å². The molecule has 1 saturated carbocycles. The molecule has 0 spiro atoms. The Morgan fingerprint density at radius 1 is 0.880 bits per heavy atom. The number of benzene rings is 2. The van der Waals surface area contributed by atoms with E-state index in [1.54, 1.807) is 0 Å². The van der Waals surface area contributed by atoms with Crippen molar-refractivity contribution in [2.45, 2.75) is 32.6 Å². The molecule has 6 rings (SSSR count). The third kappa shape index (κ3) is 2.18. The summed E-state index contributed by atoms with van der Waals surface area (Å²) >= 11 is 0. The van der Waals surface area contributed by atoms with E-state index in [0.717, 1.165) is 18.0 Å². The monoisotopic (exact) mass is 325 g/mol. The lowest BCUT2D eigenvalue weighted by Gasteiger charge is -2.56. The van der Waals surface area contributed by atoms with E-state index in [9.17, 15) is 0 Å². The van der Waals surface area contributed by atoms with Gasteiger partial charge in [-0.05, 0) is 47.3 Å². The van der Waals surface area contributed by atoms with Gasteiger partial charge in [-0.25, -0.2) is 0 Å². The van der Waals surface area contributed by atoms with E-state index >= 15 is 0 Å². The first-order valence-electron chi connectivity index (χ1n) is 9.29. The van der Waals surface area contributed by atoms with Crippen LogP contribution in [0.2, 0.25) is 0 Å². The van der Waals surface area contributed by atoms with Crippen LogP contribution >= 0.6 is 0 Å². The average molecular weight is 325 g/mol. The van der Waals surface area contributed by atoms with E-state index in [4.69, 9.17) is 4.98 Å². The third-order valence-corrected chi connectivity index (χ3v) is 6.55. The second-order valence-corrected chi connectivity index (χ2v) is 8.16. The molecule has 0 aliphatic heterocycles. The van der Waals surface area contributed by atoms with Gasteiger partial charge in [-0.3, -0.25) is 4.98 Å². The number of aromatic nitrogens is 1. The zero-order valence-corrected chi connectivity index (χ0v) is 14.9. The standard InChI is InChI=1S/C24H23N/c1-24(2)18-13-21(24)20-15-19(16-9-5-3-6-10-16)23(25-22(20)14-18)17-11-7-4-8-12-17/h3-12,15,18,21H,13-14H2,1-2H3. The van der Waals surface area contributed by atoms with Crippen LogP contribution in [0.4, 0.5) is 0 Å². The highest BCUT2D eigenvalue weighted by Gasteiger charge is 2.53. The molecule has 3 aliphatic rings. The van der Waals surface area contributed by atoms with Crippen molar-refractivity contribution in [2.75, 3.05) is 0 Å². The van der Waals surface area contributed by atoms with Crippen molar-refractivity contribution in [2.24, 2.45) is 11.3 Å². The first kappa shape index (κ1) is 14.9. The maximum Gasteiger partial charge on any atom is 0.0783 e. The second kappa shape index (κ2) is 5.29. The van der Waals surface area contributed by atoms with Crippen molar-refractivity contribution < 1.29 is 0 Å². The van der Waals surface area contributed by atoms with Crippen LogP contribution in [0, 0.1) is 11.3 Å². The topological polar surface area (TPSA) is 12.9 Å². The smallest absolute Gasteiger partial charge is 0.0783 e. The molecule has 2 aromatic carbocycles. The maximum atomic E-state index is 5.21. The minimum absolute atomic E-state index is 0.427. The summed E-state index contributed by atoms with van der Waals surface area (Å²) in [5.74, 6) is 1.46. The fraction of sp³-hybridized carbons (Fsp3) is 0.292. The summed E-state index contributed by atoms with van der Waals surface area (Å²) in [5, 5.41) is 0. The van der Waals surface area contributed by atoms with Gasteiger partial charge in [0.25, 0.3) is 0 Å². The van der Waals surface area contributed by atoms with Gasteiger partial charge >= 0.3 is 0 Å². The van der Waals surface area contributed by atoms with Crippen LogP contribution in [0.25, 0.3) is 22.4 Å². The number of hydrogen-bond acceptors (Lipinski definition) is 1. The van der Waals surface area contributed by atoms with Gasteiger partial charge in [0.1, 0.15) is 0 Å². The zero-order chi connectivity index (χ0) is 17.0. The lowest BCUT2D eigenvalue weighted by atomic mass is 9.48. The number of nitrogens with zero attached hydrogens (tertiary/aromatic N) is 1. The zero-order valence-electron chi connectivity index (χ0n) is 14.9. The molecule has 3 aliphatic carbocycles. The van der Waals surface area contributed by atoms with E-state index in [0.29, 0.717) is 11.3 Å². The second-order valence-electron chi connectivity index (χ2n) is 8.16. The summed E-state index contributed by atoms with van der Waals surface area (Å²) < 4.78 is 0. The number of rotatable bonds is 2. The van der Waals surface area contributed by atoms with Crippen LogP contribution in [-0.2, 0) is 6.42 Å². The van der Waals surface area contributed by atoms with Crippen LogP contribution < -0.4 is 0 Å². The normalized spacial score (nSPS) is 22.8. The van der Waals surface area contributed by atoms with Gasteiger partial charge in [-0.15, -0.1) is 0 Å². The highest BCUT2D eigenvalue weighted by Crippen LogP contribution is 2.62. The fourth-order valence-corrected chi connectivity index (χ4v) is 4.81. The molecule has 2 bridgehead atoms. The van der Waals surface area contributed by atoms with E-state index in [2.05, 4.69) is 80.6 Å². The molecule has 1 aromatic heterocycles. The lowest BCUT2D eigenvalue weighted by Crippen LogP contribution is -2.48. The summed E-state index contributed by atoms with van der Waals surface area (Å²) in [7, 11) is 0. The first-order chi connectivity index (χ1) is 12.1. The van der Waals surface area contributed by atoms with Crippen LogP contribution in [0.5, 0.6) is 0 Å². The third-order valence-electron chi connectivity index (χ3n) is 6.55. The summed E-state index contributed by atoms with van der Waals surface area (Å²) in [6.45, 7) is 4.87. The quantitative estimate of drug-likeness (QED) is 0.554. The first-order valence-corrected chi connectivity index (χ1v) is 9.29. The van der Waals surface area contributed by atoms with Crippen LogP contribution in [-0.4, -0.2) is 4.98 Å². The van der Waals surface area contributed by atoms with Gasteiger partial charge in [-0.1, -0.05) is 74.5 Å². The molecule has 1 heterocycles. The Bertz CT molecular complexity index is 925. The van der Waals surface area contributed by atoms with Gasteiger partial charge in [-0.2, -0.15) is 0 Å². The van der Waals surface area contributed by atoms with Crippen LogP contribution in [0.15, 0.2) is 66.7 Å². The Hall–Kier alpha value is -2.41. The summed E-state index contributed by atoms with van der Waals surface area (Å²) in [4.78, 5) is 5.21. The molecule has 2 unspecified atom stereocenters. The molecule has 1 heteroatoms. The highest BCUT2D eigenvalue weighted by molar-refractivity contribution is 5.81. The largest absolute Gasteiger partial charge is 0.252 e. The number of pyridine rings is 1. The van der Waals surface area contributed by atoms with E-state index in [1.807, 2.05) is 0 Å². The molecular formula is C24H23N. The summed E-state index contributed by atoms with van der Waals surface area (Å²) in [5.41, 5.74) is 8.12. The van der Waals surface area contributed by atoms with Crippen molar-refractivity contribution in [3.63, 3.8) is 0 Å². The summed E-state index contributed by atoms with van der Waals surface area (Å²) in [6.07, 6.45) is 2.47. The lowest BCUT2D eigenvalue weighted by molar-refractivity contribution is 0.0170. The molecule has 2 atom stereocenters. The summed E-state index contributed by atoms with van der Waals surface area (Å²) in [6, 6.07) is 23.8. The Balaban J connectivity index is 1.74. The molecule has 1 nitrogen and oxygen atoms in total. The molecule has 3 aromatic rings. The Morgan fingerprint density at radius 2 is 1.52 bits per heavy atom. The van der Waals surface area contributed by atoms with Crippen molar-refractivity contribution in [3.8, 4) is 22.4 Å². The predicted molar refractivity (Wildman–Crippen MR) is 103 cm³/mol. The molecule has 0 N–H and O–H groups in total. The van der Waals surface area contributed by atoms with Crippen molar-refractivity contribution in [1.29, 1.82) is 0 Å². The van der Waals surface area contributed by atoms with E-state index in [1.165, 1.54) is 34.4 Å². The van der Waals surface area contributed by atoms with Gasteiger partial charge in [0.05, 0.1) is 5.69 Å². The molecular weight excluding hydrogens is 302 g/mol. The highest BCUT2D eigenvalue weighted by atomic mass is 14.8. The van der Waals surface area contributed by atoms with E-state index < -0.39 is 0 Å². The van der Waals surface area contributed by atoms with Gasteiger partial charge < -0.3 is 0 Å². The fourth-order valence-electron chi connectivity index (χ4n) is 4.81. The number of hydrogen-bond donors (Lipinski definition) is 0. The van der Waals surface area contributed by atoms with E-state index in [-0.39, 0.29) is 0 Å². The molecule has 124 valence electrons. The van der Waals surface area contributed by atoms with Crippen LogP contribution in [0.1, 0.15) is 37.4 Å². The van der Waals surface area contributed by atoms with Gasteiger partial charge in [0.2, 0.25) is 0 Å². The Kier molecular flexibility index (Phi) is 3.15. The maximum absolute atomic E-state index is 5.21. The van der Waals surface area contributed by atoms with Gasteiger partial charge in [0, 0.05) is 16.8 Å². The predicted octanol–water partition coefficient (Wildman–Crippen LogP) is 6.10. The SMILES string of the molecule is CC1(C)C2Cc3nc(-c4ccccc4)c(-c4ccccc4)cc3C1C2. The molecule has 0 amide bonds. The molecule has 1 fully saturated rings. The average Bonchev–Trinajstić information content (AvgIpc) is 2.67. The minimum Gasteiger partial charge on any atom is -0.252 e. The molecule has 0 saturated heterocycles. The Labute approximate surface area is 149 Å². The minimum atomic E-state index is 0.427. The molecule has 25 heavy (non-hydrogen) atoms. The van der Waals surface area contributed by atoms with Crippen molar-refractivity contribution in [3.05, 3.63) is 78.0 Å². The van der Waals surface area contributed by atoms with Crippen LogP contribution in [0.3, 0.4) is 0 Å².